The lowest BCUT2D eigenvalue weighted by atomic mass is 9.45. The van der Waals surface area contributed by atoms with Gasteiger partial charge in [-0.15, -0.1) is 0 Å². The summed E-state index contributed by atoms with van der Waals surface area (Å²) in [5.74, 6) is 2.65. The van der Waals surface area contributed by atoms with E-state index in [9.17, 15) is 9.90 Å². The van der Waals surface area contributed by atoms with Gasteiger partial charge in [-0.3, -0.25) is 4.79 Å². The van der Waals surface area contributed by atoms with E-state index >= 15 is 0 Å². The van der Waals surface area contributed by atoms with Crippen LogP contribution >= 0.6 is 0 Å². The lowest BCUT2D eigenvalue weighted by molar-refractivity contribution is -0.131. The summed E-state index contributed by atoms with van der Waals surface area (Å²) >= 11 is 0. The first-order chi connectivity index (χ1) is 21.2. The highest BCUT2D eigenvalue weighted by Crippen LogP contribution is 2.65. The van der Waals surface area contributed by atoms with Crippen molar-refractivity contribution in [1.29, 1.82) is 0 Å². The van der Waals surface area contributed by atoms with E-state index in [-0.39, 0.29) is 18.4 Å². The van der Waals surface area contributed by atoms with E-state index < -0.39 is 16.6 Å². The molecule has 0 radical (unpaired) electrons. The molecular formula is C37H45NO6. The highest BCUT2D eigenvalue weighted by molar-refractivity contribution is 5.78. The fourth-order valence-electron chi connectivity index (χ4n) is 7.03. The molecule has 2 aromatic rings. The van der Waals surface area contributed by atoms with Gasteiger partial charge < -0.3 is 29.4 Å². The summed E-state index contributed by atoms with van der Waals surface area (Å²) < 4.78 is 23.9. The number of methoxy groups -OCH3 is 2. The van der Waals surface area contributed by atoms with Crippen molar-refractivity contribution >= 4 is 5.91 Å². The predicted molar refractivity (Wildman–Crippen MR) is 171 cm³/mol. The van der Waals surface area contributed by atoms with Gasteiger partial charge in [0.05, 0.1) is 37.8 Å². The van der Waals surface area contributed by atoms with E-state index in [1.165, 1.54) is 11.1 Å². The number of fused-ring (bicyclic) bond motifs is 1. The minimum Gasteiger partial charge on any atom is -0.512 e. The summed E-state index contributed by atoms with van der Waals surface area (Å²) in [6.45, 7) is 6.71. The zero-order valence-electron chi connectivity index (χ0n) is 26.5. The molecule has 0 aromatic heterocycles. The van der Waals surface area contributed by atoms with Crippen LogP contribution in [0.15, 0.2) is 96.2 Å². The lowest BCUT2D eigenvalue weighted by Crippen LogP contribution is -2.63. The van der Waals surface area contributed by atoms with Gasteiger partial charge in [0.1, 0.15) is 17.1 Å². The molecule has 234 valence electrons. The highest BCUT2D eigenvalue weighted by Gasteiger charge is 2.65. The first kappa shape index (κ1) is 31.5. The minimum atomic E-state index is -0.667. The number of allylic oxidation sites excluding steroid dienone is 7. The molecule has 0 spiro atoms. The molecule has 7 heteroatoms. The van der Waals surface area contributed by atoms with E-state index in [0.29, 0.717) is 37.4 Å². The van der Waals surface area contributed by atoms with Gasteiger partial charge >= 0.3 is 0 Å². The third-order valence-corrected chi connectivity index (χ3v) is 9.75. The predicted octanol–water partition coefficient (Wildman–Crippen LogP) is 7.14. The van der Waals surface area contributed by atoms with Crippen molar-refractivity contribution in [1.82, 2.24) is 5.32 Å². The van der Waals surface area contributed by atoms with Crippen LogP contribution in [0.4, 0.5) is 0 Å². The first-order valence-corrected chi connectivity index (χ1v) is 15.5. The molecule has 2 N–H and O–H groups in total. The quantitative estimate of drug-likeness (QED) is 0.255. The van der Waals surface area contributed by atoms with Crippen LogP contribution in [0.3, 0.4) is 0 Å². The van der Waals surface area contributed by atoms with Crippen LogP contribution in [-0.4, -0.2) is 44.0 Å². The van der Waals surface area contributed by atoms with E-state index in [4.69, 9.17) is 18.9 Å². The summed E-state index contributed by atoms with van der Waals surface area (Å²) in [5, 5.41) is 12.8. The van der Waals surface area contributed by atoms with Gasteiger partial charge in [0.15, 0.2) is 6.61 Å². The van der Waals surface area contributed by atoms with Crippen LogP contribution in [0.2, 0.25) is 0 Å². The van der Waals surface area contributed by atoms with Crippen LogP contribution in [0.5, 0.6) is 5.75 Å². The van der Waals surface area contributed by atoms with Crippen LogP contribution in [-0.2, 0) is 30.0 Å². The maximum Gasteiger partial charge on any atom is 0.258 e. The Morgan fingerprint density at radius 2 is 1.86 bits per heavy atom. The summed E-state index contributed by atoms with van der Waals surface area (Å²) in [4.78, 5) is 12.9. The maximum atomic E-state index is 12.9. The summed E-state index contributed by atoms with van der Waals surface area (Å²) in [6.07, 6.45) is 13.1. The van der Waals surface area contributed by atoms with Crippen molar-refractivity contribution in [2.45, 2.75) is 69.4 Å². The second-order valence-corrected chi connectivity index (χ2v) is 12.3. The van der Waals surface area contributed by atoms with Crippen LogP contribution < -0.4 is 10.1 Å². The second kappa shape index (κ2) is 12.9. The van der Waals surface area contributed by atoms with Crippen molar-refractivity contribution < 1.29 is 28.8 Å². The number of amides is 1. The van der Waals surface area contributed by atoms with Crippen molar-refractivity contribution in [2.24, 2.45) is 5.92 Å². The van der Waals surface area contributed by atoms with Crippen LogP contribution in [0.25, 0.3) is 0 Å². The molecule has 1 amide bonds. The van der Waals surface area contributed by atoms with Crippen molar-refractivity contribution in [2.75, 3.05) is 27.4 Å². The van der Waals surface area contributed by atoms with Gasteiger partial charge in [0.2, 0.25) is 0 Å². The molecule has 4 atom stereocenters. The summed E-state index contributed by atoms with van der Waals surface area (Å²) in [5.41, 5.74) is 1.96. The number of hydrogen-bond donors (Lipinski definition) is 2. The number of ether oxygens (including phenoxy) is 4. The Morgan fingerprint density at radius 1 is 1.07 bits per heavy atom. The average molecular weight is 600 g/mol. The molecule has 0 bridgehead atoms. The van der Waals surface area contributed by atoms with Gasteiger partial charge in [0, 0.05) is 18.4 Å². The molecule has 44 heavy (non-hydrogen) atoms. The Morgan fingerprint density at radius 3 is 2.50 bits per heavy atom. The monoisotopic (exact) mass is 599 g/mol. The first-order valence-electron chi connectivity index (χ1n) is 15.5. The van der Waals surface area contributed by atoms with Gasteiger partial charge in [-0.25, -0.2) is 0 Å². The molecular weight excluding hydrogens is 554 g/mol. The maximum absolute atomic E-state index is 12.9. The number of carbonyl (C=O) groups is 1. The number of aliphatic hydroxyl groups excluding tert-OH is 1. The Bertz CT molecular complexity index is 1480. The van der Waals surface area contributed by atoms with Gasteiger partial charge in [0.25, 0.3) is 5.91 Å². The zero-order chi connectivity index (χ0) is 31.4. The molecule has 0 saturated heterocycles. The Balaban J connectivity index is 1.39. The lowest BCUT2D eigenvalue weighted by Gasteiger charge is -2.62. The highest BCUT2D eigenvalue weighted by atomic mass is 16.5. The second-order valence-electron chi connectivity index (χ2n) is 12.3. The molecule has 0 fully saturated rings. The Hall–Kier alpha value is -3.97. The molecule has 4 unspecified atom stereocenters. The molecule has 2 aromatic carbocycles. The standard InChI is InChI=1S/C37H45NO6/c1-6-35(2,38-34(40)25-43-30-18-14-28(39)15-19-30)22-23-44-36(3)33-24-31(42-5)20-21-32(33)37(36,26-10-8-7-9-11-26)27-12-16-29(41-4)17-13-27/h7-12,14,16-18,20-21,24,27,39H,6,13,15,19,22-23,25H2,1-5H3,(H,38,40). The molecule has 3 aliphatic rings. The molecule has 5 rings (SSSR count). The number of benzene rings is 2. The van der Waals surface area contributed by atoms with Crippen LogP contribution in [0, 0.1) is 5.92 Å². The number of hydrogen-bond acceptors (Lipinski definition) is 6. The van der Waals surface area contributed by atoms with Crippen LogP contribution in [0.1, 0.15) is 69.6 Å². The van der Waals surface area contributed by atoms with Gasteiger partial charge in [-0.2, -0.15) is 0 Å². The van der Waals surface area contributed by atoms with Gasteiger partial charge in [-0.05, 0) is 92.2 Å². The minimum absolute atomic E-state index is 0.0656. The number of nitrogens with one attached hydrogen (secondary N) is 1. The van der Waals surface area contributed by atoms with E-state index in [2.05, 4.69) is 80.7 Å². The van der Waals surface area contributed by atoms with E-state index in [0.717, 1.165) is 29.9 Å². The normalized spacial score (nSPS) is 25.3. The molecule has 0 saturated carbocycles. The van der Waals surface area contributed by atoms with E-state index in [1.807, 2.05) is 12.1 Å². The van der Waals surface area contributed by atoms with Crippen molar-refractivity contribution in [3.8, 4) is 5.75 Å². The van der Waals surface area contributed by atoms with Gasteiger partial charge in [-0.1, -0.05) is 49.4 Å². The molecule has 7 nitrogen and oxygen atoms in total. The van der Waals surface area contributed by atoms with Crippen molar-refractivity contribution in [3.05, 3.63) is 113 Å². The third-order valence-electron chi connectivity index (χ3n) is 9.75. The summed E-state index contributed by atoms with van der Waals surface area (Å²) in [6, 6.07) is 17.0. The molecule has 0 aliphatic heterocycles. The third kappa shape index (κ3) is 5.77. The summed E-state index contributed by atoms with van der Waals surface area (Å²) in [7, 11) is 3.39. The Labute approximate surface area is 261 Å². The zero-order valence-corrected chi connectivity index (χ0v) is 26.5. The average Bonchev–Trinajstić information content (AvgIpc) is 3.05. The molecule has 0 heterocycles. The Kier molecular flexibility index (Phi) is 9.26. The fourth-order valence-corrected chi connectivity index (χ4v) is 7.03. The van der Waals surface area contributed by atoms with E-state index in [1.54, 1.807) is 26.4 Å². The SMILES string of the molecule is CCC(C)(CCOC1(C)c2cc(OC)ccc2C1(c1ccccc1)C1C=CC(OC)=CC1)NC(=O)COC1=CC=C(O)CC1. The van der Waals surface area contributed by atoms with Crippen molar-refractivity contribution in [3.63, 3.8) is 0 Å². The largest absolute Gasteiger partial charge is 0.512 e. The number of aliphatic hydroxyl groups is 1. The molecule has 3 aliphatic carbocycles. The smallest absolute Gasteiger partial charge is 0.258 e. The topological polar surface area (TPSA) is 86.2 Å². The number of carbonyl (C=O) groups excluding carboxylic acids is 1. The fraction of sp³-hybridized carbons (Fsp3) is 0.432. The number of rotatable bonds is 13.